The van der Waals surface area contributed by atoms with Crippen molar-refractivity contribution in [2.45, 2.75) is 0 Å². The van der Waals surface area contributed by atoms with E-state index in [0.29, 0.717) is 17.1 Å². The monoisotopic (exact) mass is 349 g/mol. The minimum absolute atomic E-state index is 0.274. The van der Waals surface area contributed by atoms with E-state index in [1.807, 2.05) is 24.3 Å². The second-order valence-electron chi connectivity index (χ2n) is 5.70. The lowest BCUT2D eigenvalue weighted by Crippen LogP contribution is -1.97. The van der Waals surface area contributed by atoms with E-state index in [1.165, 1.54) is 12.1 Å². The van der Waals surface area contributed by atoms with Crippen LogP contribution < -0.4 is 9.47 Å². The number of hydrogen-bond donors (Lipinski definition) is 0. The first-order valence-electron chi connectivity index (χ1n) is 8.02. The first-order valence-corrected chi connectivity index (χ1v) is 8.02. The SMILES string of the molecule is COc1ccc(-c2ccnc3c(-c4ccc(F)cc4)cnn23)cc1OC. The maximum absolute atomic E-state index is 13.2. The van der Waals surface area contributed by atoms with Crippen LogP contribution in [0.2, 0.25) is 0 Å². The second kappa shape index (κ2) is 6.48. The molecule has 0 N–H and O–H groups in total. The van der Waals surface area contributed by atoms with Gasteiger partial charge in [-0.1, -0.05) is 12.1 Å². The highest BCUT2D eigenvalue weighted by Crippen LogP contribution is 2.33. The Bertz CT molecular complexity index is 1070. The normalized spacial score (nSPS) is 10.9. The van der Waals surface area contributed by atoms with Gasteiger partial charge in [0.25, 0.3) is 0 Å². The summed E-state index contributed by atoms with van der Waals surface area (Å²) < 4.78 is 25.7. The third kappa shape index (κ3) is 2.65. The summed E-state index contributed by atoms with van der Waals surface area (Å²) in [7, 11) is 3.20. The molecule has 0 saturated carbocycles. The molecule has 0 aliphatic carbocycles. The molecule has 0 aliphatic rings. The van der Waals surface area contributed by atoms with Crippen LogP contribution in [-0.2, 0) is 0 Å². The van der Waals surface area contributed by atoms with Crippen molar-refractivity contribution in [1.82, 2.24) is 14.6 Å². The van der Waals surface area contributed by atoms with E-state index < -0.39 is 0 Å². The Hall–Kier alpha value is -3.41. The van der Waals surface area contributed by atoms with Gasteiger partial charge in [0.15, 0.2) is 17.1 Å². The molecule has 26 heavy (non-hydrogen) atoms. The molecule has 0 bridgehead atoms. The van der Waals surface area contributed by atoms with Crippen molar-refractivity contribution in [3.63, 3.8) is 0 Å². The fourth-order valence-electron chi connectivity index (χ4n) is 2.94. The highest BCUT2D eigenvalue weighted by molar-refractivity contribution is 5.79. The molecule has 5 nitrogen and oxygen atoms in total. The maximum atomic E-state index is 13.2. The largest absolute Gasteiger partial charge is 0.493 e. The zero-order valence-electron chi connectivity index (χ0n) is 14.3. The molecule has 2 heterocycles. The summed E-state index contributed by atoms with van der Waals surface area (Å²) in [5.41, 5.74) is 4.18. The molecule has 0 atom stereocenters. The van der Waals surface area contributed by atoms with Crippen LogP contribution >= 0.6 is 0 Å². The maximum Gasteiger partial charge on any atom is 0.163 e. The van der Waals surface area contributed by atoms with E-state index in [-0.39, 0.29) is 5.82 Å². The number of nitrogens with zero attached hydrogens (tertiary/aromatic N) is 3. The molecule has 0 saturated heterocycles. The Labute approximate surface area is 149 Å². The Morgan fingerprint density at radius 1 is 0.885 bits per heavy atom. The molecule has 2 aromatic carbocycles. The molecule has 2 aromatic heterocycles. The number of fused-ring (bicyclic) bond motifs is 1. The average molecular weight is 349 g/mol. The molecule has 130 valence electrons. The van der Waals surface area contributed by atoms with Crippen molar-refractivity contribution < 1.29 is 13.9 Å². The summed E-state index contributed by atoms with van der Waals surface area (Å²) in [5.74, 6) is 1.03. The number of benzene rings is 2. The summed E-state index contributed by atoms with van der Waals surface area (Å²) in [6.07, 6.45) is 3.47. The quantitative estimate of drug-likeness (QED) is 0.553. The number of hydrogen-bond acceptors (Lipinski definition) is 4. The zero-order valence-corrected chi connectivity index (χ0v) is 14.3. The van der Waals surface area contributed by atoms with Crippen LogP contribution in [0.4, 0.5) is 4.39 Å². The summed E-state index contributed by atoms with van der Waals surface area (Å²) in [4.78, 5) is 4.45. The third-order valence-corrected chi connectivity index (χ3v) is 4.24. The lowest BCUT2D eigenvalue weighted by atomic mass is 10.1. The van der Waals surface area contributed by atoms with Crippen LogP contribution in [0.25, 0.3) is 28.0 Å². The number of methoxy groups -OCH3 is 2. The lowest BCUT2D eigenvalue weighted by Gasteiger charge is -2.10. The molecule has 0 amide bonds. The molecule has 0 aliphatic heterocycles. The highest BCUT2D eigenvalue weighted by atomic mass is 19.1. The van der Waals surface area contributed by atoms with Crippen LogP contribution in [0.5, 0.6) is 11.5 Å². The van der Waals surface area contributed by atoms with Gasteiger partial charge in [0.1, 0.15) is 5.82 Å². The second-order valence-corrected chi connectivity index (χ2v) is 5.70. The number of ether oxygens (including phenoxy) is 2. The Morgan fingerprint density at radius 3 is 2.35 bits per heavy atom. The van der Waals surface area contributed by atoms with E-state index in [9.17, 15) is 4.39 Å². The molecule has 6 heteroatoms. The predicted octanol–water partition coefficient (Wildman–Crippen LogP) is 4.22. The van der Waals surface area contributed by atoms with Crippen molar-refractivity contribution in [3.05, 3.63) is 66.7 Å². The van der Waals surface area contributed by atoms with Crippen LogP contribution in [-0.4, -0.2) is 28.8 Å². The fourth-order valence-corrected chi connectivity index (χ4v) is 2.94. The van der Waals surface area contributed by atoms with Gasteiger partial charge in [-0.15, -0.1) is 0 Å². The highest BCUT2D eigenvalue weighted by Gasteiger charge is 2.13. The number of aromatic nitrogens is 3. The Morgan fingerprint density at radius 2 is 1.62 bits per heavy atom. The van der Waals surface area contributed by atoms with Crippen molar-refractivity contribution in [3.8, 4) is 33.9 Å². The standard InChI is InChI=1S/C20H16FN3O2/c1-25-18-8-5-14(11-19(18)26-2)17-9-10-22-20-16(12-23-24(17)20)13-3-6-15(21)7-4-13/h3-12H,1-2H3. The van der Waals surface area contributed by atoms with Crippen LogP contribution in [0.1, 0.15) is 0 Å². The molecule has 0 spiro atoms. The van der Waals surface area contributed by atoms with Crippen LogP contribution in [0.3, 0.4) is 0 Å². The molecule has 4 aromatic rings. The van der Waals surface area contributed by atoms with Gasteiger partial charge in [-0.3, -0.25) is 0 Å². The van der Waals surface area contributed by atoms with Gasteiger partial charge in [-0.2, -0.15) is 5.10 Å². The average Bonchev–Trinajstić information content (AvgIpc) is 3.12. The minimum Gasteiger partial charge on any atom is -0.493 e. The van der Waals surface area contributed by atoms with Crippen molar-refractivity contribution >= 4 is 5.65 Å². The van der Waals surface area contributed by atoms with Gasteiger partial charge >= 0.3 is 0 Å². The van der Waals surface area contributed by atoms with E-state index in [1.54, 1.807) is 43.3 Å². The lowest BCUT2D eigenvalue weighted by molar-refractivity contribution is 0.355. The smallest absolute Gasteiger partial charge is 0.163 e. The van der Waals surface area contributed by atoms with E-state index >= 15 is 0 Å². The fraction of sp³-hybridized carbons (Fsp3) is 0.100. The van der Waals surface area contributed by atoms with Gasteiger partial charge in [0.2, 0.25) is 0 Å². The predicted molar refractivity (Wildman–Crippen MR) is 96.9 cm³/mol. The van der Waals surface area contributed by atoms with Gasteiger partial charge in [0.05, 0.1) is 26.1 Å². The molecular weight excluding hydrogens is 333 g/mol. The van der Waals surface area contributed by atoms with E-state index in [2.05, 4.69) is 10.1 Å². The van der Waals surface area contributed by atoms with Crippen LogP contribution in [0.15, 0.2) is 60.9 Å². The topological polar surface area (TPSA) is 48.7 Å². The van der Waals surface area contributed by atoms with Gasteiger partial charge in [0, 0.05) is 17.3 Å². The first kappa shape index (κ1) is 16.1. The first-order chi connectivity index (χ1) is 12.7. The molecule has 0 radical (unpaired) electrons. The number of halogens is 1. The van der Waals surface area contributed by atoms with E-state index in [0.717, 1.165) is 22.4 Å². The summed E-state index contributed by atoms with van der Waals surface area (Å²) in [5, 5.41) is 4.48. The van der Waals surface area contributed by atoms with Gasteiger partial charge < -0.3 is 9.47 Å². The molecule has 4 rings (SSSR count). The zero-order chi connectivity index (χ0) is 18.1. The van der Waals surface area contributed by atoms with Crippen molar-refractivity contribution in [1.29, 1.82) is 0 Å². The number of rotatable bonds is 4. The third-order valence-electron chi connectivity index (χ3n) is 4.24. The Kier molecular flexibility index (Phi) is 4.01. The molecule has 0 unspecified atom stereocenters. The minimum atomic E-state index is -0.274. The Balaban J connectivity index is 1.86. The summed E-state index contributed by atoms with van der Waals surface area (Å²) in [6, 6.07) is 13.9. The van der Waals surface area contributed by atoms with Gasteiger partial charge in [-0.05, 0) is 42.0 Å². The molecule has 0 fully saturated rings. The van der Waals surface area contributed by atoms with Crippen molar-refractivity contribution in [2.24, 2.45) is 0 Å². The summed E-state index contributed by atoms with van der Waals surface area (Å²) in [6.45, 7) is 0. The van der Waals surface area contributed by atoms with Crippen molar-refractivity contribution in [2.75, 3.05) is 14.2 Å². The molecular formula is C20H16FN3O2. The van der Waals surface area contributed by atoms with E-state index in [4.69, 9.17) is 9.47 Å². The van der Waals surface area contributed by atoms with Gasteiger partial charge in [-0.25, -0.2) is 13.9 Å². The van der Waals surface area contributed by atoms with Crippen LogP contribution in [0, 0.1) is 5.82 Å². The summed E-state index contributed by atoms with van der Waals surface area (Å²) >= 11 is 0.